The smallest absolute Gasteiger partial charge is 0.310 e. The van der Waals surface area contributed by atoms with Crippen molar-refractivity contribution in [2.45, 2.75) is 19.4 Å². The van der Waals surface area contributed by atoms with Gasteiger partial charge in [-0.25, -0.2) is 0 Å². The van der Waals surface area contributed by atoms with Crippen molar-refractivity contribution in [1.82, 2.24) is 0 Å². The molecule has 0 aromatic heterocycles. The van der Waals surface area contributed by atoms with Crippen LogP contribution in [0.25, 0.3) is 0 Å². The van der Waals surface area contributed by atoms with Crippen molar-refractivity contribution in [2.75, 3.05) is 19.0 Å². The highest BCUT2D eigenvalue weighted by Gasteiger charge is 2.18. The SMILES string of the molecule is COc1ccc(NC(=O)[C@H](C)OC(=O)CCOc2ccccc2)cc1. The Bertz CT molecular complexity index is 685. The number of esters is 1. The van der Waals surface area contributed by atoms with Crippen LogP contribution >= 0.6 is 0 Å². The third-order valence-electron chi connectivity index (χ3n) is 3.35. The van der Waals surface area contributed by atoms with E-state index in [9.17, 15) is 9.59 Å². The number of para-hydroxylation sites is 1. The van der Waals surface area contributed by atoms with E-state index in [0.29, 0.717) is 17.2 Å². The fraction of sp³-hybridized carbons (Fsp3) is 0.263. The first kappa shape index (κ1) is 18.3. The summed E-state index contributed by atoms with van der Waals surface area (Å²) in [6.07, 6.45) is -0.832. The van der Waals surface area contributed by atoms with E-state index >= 15 is 0 Å². The molecule has 25 heavy (non-hydrogen) atoms. The van der Waals surface area contributed by atoms with Crippen molar-refractivity contribution < 1.29 is 23.8 Å². The van der Waals surface area contributed by atoms with Crippen LogP contribution in [0.15, 0.2) is 54.6 Å². The van der Waals surface area contributed by atoms with Crippen molar-refractivity contribution in [3.63, 3.8) is 0 Å². The van der Waals surface area contributed by atoms with Gasteiger partial charge in [0.1, 0.15) is 11.5 Å². The molecule has 1 amide bonds. The lowest BCUT2D eigenvalue weighted by Crippen LogP contribution is -2.30. The standard InChI is InChI=1S/C19H21NO5/c1-14(19(22)20-15-8-10-16(23-2)11-9-15)25-18(21)12-13-24-17-6-4-3-5-7-17/h3-11,14H,12-13H2,1-2H3,(H,20,22)/t14-/m0/s1. The Hall–Kier alpha value is -3.02. The Morgan fingerprint density at radius 3 is 2.32 bits per heavy atom. The largest absolute Gasteiger partial charge is 0.497 e. The second kappa shape index (κ2) is 9.32. The van der Waals surface area contributed by atoms with E-state index in [1.807, 2.05) is 18.2 Å². The lowest BCUT2D eigenvalue weighted by molar-refractivity contribution is -0.153. The fourth-order valence-electron chi connectivity index (χ4n) is 2.00. The molecule has 0 saturated carbocycles. The minimum absolute atomic E-state index is 0.0645. The third-order valence-corrected chi connectivity index (χ3v) is 3.35. The monoisotopic (exact) mass is 343 g/mol. The topological polar surface area (TPSA) is 73.9 Å². The van der Waals surface area contributed by atoms with Crippen LogP contribution < -0.4 is 14.8 Å². The van der Waals surface area contributed by atoms with Crippen LogP contribution in [0.4, 0.5) is 5.69 Å². The molecule has 0 bridgehead atoms. The minimum Gasteiger partial charge on any atom is -0.497 e. The summed E-state index contributed by atoms with van der Waals surface area (Å²) in [7, 11) is 1.57. The number of ether oxygens (including phenoxy) is 3. The zero-order valence-corrected chi connectivity index (χ0v) is 14.2. The Morgan fingerprint density at radius 1 is 1.00 bits per heavy atom. The van der Waals surface area contributed by atoms with Gasteiger partial charge in [-0.05, 0) is 43.3 Å². The quantitative estimate of drug-likeness (QED) is 0.746. The number of rotatable bonds is 8. The molecule has 0 aliphatic heterocycles. The number of carbonyl (C=O) groups is 2. The van der Waals surface area contributed by atoms with E-state index in [-0.39, 0.29) is 13.0 Å². The van der Waals surface area contributed by atoms with Crippen LogP contribution in [0.5, 0.6) is 11.5 Å². The summed E-state index contributed by atoms with van der Waals surface area (Å²) >= 11 is 0. The number of amides is 1. The highest BCUT2D eigenvalue weighted by atomic mass is 16.5. The van der Waals surface area contributed by atoms with Gasteiger partial charge in [0, 0.05) is 5.69 Å². The van der Waals surface area contributed by atoms with E-state index in [4.69, 9.17) is 14.2 Å². The van der Waals surface area contributed by atoms with Gasteiger partial charge in [-0.15, -0.1) is 0 Å². The van der Waals surface area contributed by atoms with Gasteiger partial charge in [0.2, 0.25) is 0 Å². The zero-order chi connectivity index (χ0) is 18.1. The van der Waals surface area contributed by atoms with Crippen molar-refractivity contribution in [1.29, 1.82) is 0 Å². The van der Waals surface area contributed by atoms with Crippen molar-refractivity contribution >= 4 is 17.6 Å². The minimum atomic E-state index is -0.897. The number of hydrogen-bond donors (Lipinski definition) is 1. The van der Waals surface area contributed by atoms with Gasteiger partial charge in [-0.1, -0.05) is 18.2 Å². The van der Waals surface area contributed by atoms with Crippen molar-refractivity contribution in [3.8, 4) is 11.5 Å². The first-order valence-electron chi connectivity index (χ1n) is 7.90. The molecule has 0 saturated heterocycles. The summed E-state index contributed by atoms with van der Waals surface area (Å²) in [4.78, 5) is 23.8. The summed E-state index contributed by atoms with van der Waals surface area (Å²) in [5.41, 5.74) is 0.598. The Labute approximate surface area is 146 Å². The van der Waals surface area contributed by atoms with Crippen molar-refractivity contribution in [2.24, 2.45) is 0 Å². The number of methoxy groups -OCH3 is 1. The molecule has 2 rings (SSSR count). The molecule has 0 heterocycles. The molecule has 0 fully saturated rings. The predicted molar refractivity (Wildman–Crippen MR) is 93.7 cm³/mol. The van der Waals surface area contributed by atoms with Gasteiger partial charge < -0.3 is 19.5 Å². The number of benzene rings is 2. The number of hydrogen-bond acceptors (Lipinski definition) is 5. The molecular weight excluding hydrogens is 322 g/mol. The highest BCUT2D eigenvalue weighted by Crippen LogP contribution is 2.15. The van der Waals surface area contributed by atoms with Gasteiger partial charge in [-0.2, -0.15) is 0 Å². The summed E-state index contributed by atoms with van der Waals surface area (Å²) < 4.78 is 15.6. The second-order valence-electron chi connectivity index (χ2n) is 5.26. The van der Waals surface area contributed by atoms with Crippen molar-refractivity contribution in [3.05, 3.63) is 54.6 Å². The molecule has 0 aliphatic rings. The van der Waals surface area contributed by atoms with E-state index in [1.165, 1.54) is 6.92 Å². The maximum atomic E-state index is 12.0. The Kier molecular flexibility index (Phi) is 6.83. The molecule has 132 valence electrons. The van der Waals surface area contributed by atoms with E-state index in [2.05, 4.69) is 5.32 Å². The molecule has 0 aliphatic carbocycles. The van der Waals surface area contributed by atoms with Crippen LogP contribution in [0.3, 0.4) is 0 Å². The molecule has 2 aromatic carbocycles. The molecule has 6 heteroatoms. The molecule has 0 radical (unpaired) electrons. The second-order valence-corrected chi connectivity index (χ2v) is 5.26. The van der Waals surface area contributed by atoms with Gasteiger partial charge in [0.15, 0.2) is 6.10 Å². The van der Waals surface area contributed by atoms with Crippen LogP contribution in [0.1, 0.15) is 13.3 Å². The molecule has 2 aromatic rings. The predicted octanol–water partition coefficient (Wildman–Crippen LogP) is 3.03. The maximum Gasteiger partial charge on any atom is 0.310 e. The normalized spacial score (nSPS) is 11.3. The Balaban J connectivity index is 1.72. The van der Waals surface area contributed by atoms with Crippen LogP contribution in [0.2, 0.25) is 0 Å². The van der Waals surface area contributed by atoms with Gasteiger partial charge in [0.25, 0.3) is 5.91 Å². The summed E-state index contributed by atoms with van der Waals surface area (Å²) in [5.74, 6) is 0.479. The molecule has 1 N–H and O–H groups in total. The fourth-order valence-corrected chi connectivity index (χ4v) is 2.00. The highest BCUT2D eigenvalue weighted by molar-refractivity contribution is 5.95. The summed E-state index contributed by atoms with van der Waals surface area (Å²) in [5, 5.41) is 2.68. The zero-order valence-electron chi connectivity index (χ0n) is 14.2. The average molecular weight is 343 g/mol. The van der Waals surface area contributed by atoms with Gasteiger partial charge in [0.05, 0.1) is 20.1 Å². The molecule has 6 nitrogen and oxygen atoms in total. The summed E-state index contributed by atoms with van der Waals surface area (Å²) in [6.45, 7) is 1.71. The van der Waals surface area contributed by atoms with Crippen LogP contribution in [0, 0.1) is 0 Å². The van der Waals surface area contributed by atoms with E-state index < -0.39 is 18.0 Å². The van der Waals surface area contributed by atoms with Gasteiger partial charge >= 0.3 is 5.97 Å². The lowest BCUT2D eigenvalue weighted by atomic mass is 10.3. The third kappa shape index (κ3) is 6.18. The molecule has 0 spiro atoms. The average Bonchev–Trinajstić information content (AvgIpc) is 2.63. The number of carbonyl (C=O) groups excluding carboxylic acids is 2. The summed E-state index contributed by atoms with van der Waals surface area (Å²) in [6, 6.07) is 16.0. The van der Waals surface area contributed by atoms with Crippen LogP contribution in [-0.4, -0.2) is 31.7 Å². The van der Waals surface area contributed by atoms with Crippen LogP contribution in [-0.2, 0) is 14.3 Å². The molecule has 0 unspecified atom stereocenters. The first-order valence-corrected chi connectivity index (χ1v) is 7.90. The number of nitrogens with one attached hydrogen (secondary N) is 1. The number of anilines is 1. The lowest BCUT2D eigenvalue weighted by Gasteiger charge is -2.14. The first-order chi connectivity index (χ1) is 12.1. The van der Waals surface area contributed by atoms with E-state index in [0.717, 1.165) is 0 Å². The van der Waals surface area contributed by atoms with Gasteiger partial charge in [-0.3, -0.25) is 9.59 Å². The molecular formula is C19H21NO5. The molecule has 1 atom stereocenters. The maximum absolute atomic E-state index is 12.0. The van der Waals surface area contributed by atoms with E-state index in [1.54, 1.807) is 43.5 Å². The Morgan fingerprint density at radius 2 is 1.68 bits per heavy atom.